The van der Waals surface area contributed by atoms with Crippen LogP contribution < -0.4 is 5.73 Å². The SMILES string of the molecule is NCC(=O)O.[Al+2][Cl].[OH-].[OH-]. The number of halogens is 1. The molecule has 0 unspecified atom stereocenters. The third-order valence-corrected chi connectivity index (χ3v) is 0.175. The summed E-state index contributed by atoms with van der Waals surface area (Å²) in [7, 11) is 4.56. The molecule has 5 nitrogen and oxygen atoms in total. The van der Waals surface area contributed by atoms with Crippen LogP contribution in [0.3, 0.4) is 0 Å². The van der Waals surface area contributed by atoms with Crippen molar-refractivity contribution in [1.82, 2.24) is 0 Å². The fourth-order valence-corrected chi connectivity index (χ4v) is 0. The van der Waals surface area contributed by atoms with E-state index >= 15 is 0 Å². The summed E-state index contributed by atoms with van der Waals surface area (Å²) in [5.74, 6) is -0.968. The average Bonchev–Trinajstić information content (AvgIpc) is 1.73. The molecule has 0 saturated carbocycles. The molecule has 0 heterocycles. The van der Waals surface area contributed by atoms with E-state index in [1.165, 1.54) is 0 Å². The summed E-state index contributed by atoms with van der Waals surface area (Å²) in [5.41, 5.74) is 4.57. The molecular weight excluding hydrogens is 164 g/mol. The van der Waals surface area contributed by atoms with Gasteiger partial charge in [-0.05, 0) is 0 Å². The van der Waals surface area contributed by atoms with Gasteiger partial charge in [-0.1, -0.05) is 0 Å². The standard InChI is InChI=1S/C2H5NO2.Al.ClH.2H2O/c3-1-2(4)5;;;;/h1,3H2,(H,4,5);;1H;2*1H2/q;+3;;;/p-3. The summed E-state index contributed by atoms with van der Waals surface area (Å²) in [4.78, 5) is 9.24. The van der Waals surface area contributed by atoms with Crippen molar-refractivity contribution in [2.75, 3.05) is 6.54 Å². The predicted molar refractivity (Wildman–Crippen MR) is 32.2 cm³/mol. The monoisotopic (exact) mass is 171 g/mol. The summed E-state index contributed by atoms with van der Waals surface area (Å²) in [6.07, 6.45) is 0. The zero-order chi connectivity index (χ0) is 6.28. The number of hydrogen-bond acceptors (Lipinski definition) is 4. The van der Waals surface area contributed by atoms with Crippen LogP contribution in [-0.2, 0) is 4.79 Å². The molecule has 0 aliphatic carbocycles. The number of carboxylic acids is 1. The van der Waals surface area contributed by atoms with Crippen molar-refractivity contribution in [3.8, 4) is 0 Å². The molecule has 0 saturated heterocycles. The normalized spacial score (nSPS) is 4.89. The average molecular weight is 172 g/mol. The third kappa shape index (κ3) is 66.0. The quantitative estimate of drug-likeness (QED) is 0.489. The second-order valence-corrected chi connectivity index (χ2v) is 0.598. The van der Waals surface area contributed by atoms with Crippen molar-refractivity contribution in [1.29, 1.82) is 0 Å². The van der Waals surface area contributed by atoms with E-state index in [0.29, 0.717) is 0 Å². The molecular formula is C2H7AlClNO4. The molecule has 0 aromatic rings. The van der Waals surface area contributed by atoms with Gasteiger partial charge in [-0.15, -0.1) is 0 Å². The van der Waals surface area contributed by atoms with Gasteiger partial charge in [-0.2, -0.15) is 0 Å². The van der Waals surface area contributed by atoms with Crippen LogP contribution in [0.5, 0.6) is 0 Å². The predicted octanol–water partition coefficient (Wildman–Crippen LogP) is -1.02. The van der Waals surface area contributed by atoms with Gasteiger partial charge >= 0.3 is 31.4 Å². The van der Waals surface area contributed by atoms with E-state index in [-0.39, 0.29) is 17.5 Å². The van der Waals surface area contributed by atoms with E-state index in [1.807, 2.05) is 15.4 Å². The van der Waals surface area contributed by atoms with Crippen molar-refractivity contribution in [3.63, 3.8) is 0 Å². The maximum atomic E-state index is 9.24. The Bertz CT molecular complexity index is 53.8. The molecule has 54 valence electrons. The number of rotatable bonds is 1. The van der Waals surface area contributed by atoms with Crippen molar-refractivity contribution < 1.29 is 20.9 Å². The zero-order valence-electron chi connectivity index (χ0n) is 4.49. The number of carbonyl (C=O) groups is 1. The first-order valence-corrected chi connectivity index (χ1v) is 3.15. The fourth-order valence-electron chi connectivity index (χ4n) is 0. The fraction of sp³-hybridized carbons (Fsp3) is 0.500. The molecule has 0 aliphatic rings. The minimum absolute atomic E-state index is 0. The smallest absolute Gasteiger partial charge is 0.870 e. The molecule has 0 radical (unpaired) electrons. The summed E-state index contributed by atoms with van der Waals surface area (Å²) >= 11 is 1.89. The molecule has 0 fully saturated rings. The molecule has 0 bridgehead atoms. The van der Waals surface area contributed by atoms with Crippen molar-refractivity contribution in [2.45, 2.75) is 0 Å². The van der Waals surface area contributed by atoms with Crippen molar-refractivity contribution >= 4 is 31.4 Å². The molecule has 0 aliphatic heterocycles. The van der Waals surface area contributed by atoms with Crippen molar-refractivity contribution in [2.24, 2.45) is 5.73 Å². The van der Waals surface area contributed by atoms with E-state index in [4.69, 9.17) is 5.11 Å². The molecule has 0 aromatic carbocycles. The minimum atomic E-state index is -0.968. The Morgan fingerprint density at radius 2 is 1.67 bits per heavy atom. The molecule has 9 heavy (non-hydrogen) atoms. The van der Waals surface area contributed by atoms with Crippen LogP contribution in [0.2, 0.25) is 0 Å². The number of hydrogen-bond donors (Lipinski definition) is 2. The van der Waals surface area contributed by atoms with E-state index < -0.39 is 5.97 Å². The Morgan fingerprint density at radius 3 is 1.67 bits per heavy atom. The second kappa shape index (κ2) is 24.1. The van der Waals surface area contributed by atoms with Crippen LogP contribution in [0, 0.1) is 0 Å². The number of nitrogens with two attached hydrogens (primary N) is 1. The van der Waals surface area contributed by atoms with E-state index in [1.54, 1.807) is 0 Å². The van der Waals surface area contributed by atoms with Gasteiger partial charge in [0.05, 0.1) is 6.54 Å². The van der Waals surface area contributed by atoms with Crippen LogP contribution in [-0.4, -0.2) is 43.9 Å². The first-order chi connectivity index (χ1) is 3.27. The first-order valence-electron chi connectivity index (χ1n) is 1.41. The Balaban J connectivity index is -0.0000000286. The van der Waals surface area contributed by atoms with Crippen LogP contribution in [0.4, 0.5) is 0 Å². The molecule has 0 amide bonds. The number of aliphatic carboxylic acids is 1. The summed E-state index contributed by atoms with van der Waals surface area (Å²) in [5, 5.41) is 7.60. The Kier molecular flexibility index (Phi) is 61.4. The third-order valence-electron chi connectivity index (χ3n) is 0.175. The van der Waals surface area contributed by atoms with Gasteiger partial charge in [-0.3, -0.25) is 4.79 Å². The van der Waals surface area contributed by atoms with E-state index in [2.05, 4.69) is 15.8 Å². The Morgan fingerprint density at radius 1 is 1.56 bits per heavy atom. The number of carboxylic acid groups (broad SMARTS) is 1. The molecule has 0 rings (SSSR count). The molecule has 7 heteroatoms. The van der Waals surface area contributed by atoms with Gasteiger partial charge in [-0.25, -0.2) is 0 Å². The van der Waals surface area contributed by atoms with Gasteiger partial charge < -0.3 is 21.8 Å². The van der Waals surface area contributed by atoms with Crippen LogP contribution in [0.15, 0.2) is 0 Å². The maximum Gasteiger partial charge on any atom is -0.870 e. The topological polar surface area (TPSA) is 123 Å². The second-order valence-electron chi connectivity index (χ2n) is 0.598. The molecule has 0 atom stereocenters. The summed E-state index contributed by atoms with van der Waals surface area (Å²) in [6, 6.07) is 0. The summed E-state index contributed by atoms with van der Waals surface area (Å²) in [6.45, 7) is -0.278. The molecule has 0 spiro atoms. The van der Waals surface area contributed by atoms with Crippen LogP contribution >= 0.6 is 10.0 Å². The zero-order valence-corrected chi connectivity index (χ0v) is 6.40. The minimum Gasteiger partial charge on any atom is -0.870 e. The largest absolute Gasteiger partial charge is 0.870 e. The van der Waals surface area contributed by atoms with Gasteiger partial charge in [0.2, 0.25) is 0 Å². The molecule has 0 aromatic heterocycles. The Hall–Kier alpha value is 0.172. The van der Waals surface area contributed by atoms with Crippen molar-refractivity contribution in [3.05, 3.63) is 0 Å². The van der Waals surface area contributed by atoms with E-state index in [0.717, 1.165) is 0 Å². The van der Waals surface area contributed by atoms with E-state index in [9.17, 15) is 4.79 Å². The van der Waals surface area contributed by atoms with Crippen LogP contribution in [0.1, 0.15) is 0 Å². The van der Waals surface area contributed by atoms with Gasteiger partial charge in [0.1, 0.15) is 0 Å². The van der Waals surface area contributed by atoms with Gasteiger partial charge in [0.25, 0.3) is 0 Å². The van der Waals surface area contributed by atoms with Crippen LogP contribution in [0.25, 0.3) is 0 Å². The maximum absolute atomic E-state index is 9.24. The first kappa shape index (κ1) is 22.9. The molecule has 5 N–H and O–H groups in total. The van der Waals surface area contributed by atoms with Gasteiger partial charge in [0, 0.05) is 0 Å². The summed E-state index contributed by atoms with van der Waals surface area (Å²) < 4.78 is 0. The van der Waals surface area contributed by atoms with Gasteiger partial charge in [0.15, 0.2) is 0 Å². The Labute approximate surface area is 65.0 Å².